The minimum absolute atomic E-state index is 0.247. The Morgan fingerprint density at radius 1 is 0.468 bits per heavy atom. The van der Waals surface area contributed by atoms with Crippen molar-refractivity contribution < 1.29 is 24.6 Å². The van der Waals surface area contributed by atoms with Crippen LogP contribution in [0.3, 0.4) is 0 Å². The zero-order chi connectivity index (χ0) is 46.0. The van der Waals surface area contributed by atoms with Gasteiger partial charge in [-0.05, 0) is 50.7 Å². The summed E-state index contributed by atoms with van der Waals surface area (Å²) in [6.45, 7) is 13.5. The third-order valence-corrected chi connectivity index (χ3v) is 13.2. The van der Waals surface area contributed by atoms with Crippen LogP contribution < -0.4 is 10.6 Å². The summed E-state index contributed by atoms with van der Waals surface area (Å²) in [4.78, 5) is 31.3. The van der Waals surface area contributed by atoms with Crippen molar-refractivity contribution in [1.29, 1.82) is 0 Å². The summed E-state index contributed by atoms with van der Waals surface area (Å²) in [5.74, 6) is 2.23. The molecule has 1 unspecified atom stereocenters. The van der Waals surface area contributed by atoms with Gasteiger partial charge in [0.05, 0.1) is 12.1 Å². The molecule has 0 aliphatic heterocycles. The average Bonchev–Trinajstić information content (AvgIpc) is 3.26. The van der Waals surface area contributed by atoms with Gasteiger partial charge in [0.1, 0.15) is 0 Å². The molecule has 8 heteroatoms. The van der Waals surface area contributed by atoms with E-state index in [0.717, 1.165) is 36.2 Å². The number of hydrogen-bond donors (Lipinski definition) is 4. The first-order valence-electron chi connectivity index (χ1n) is 27.0. The molecular weight excluding hydrogens is 771 g/mol. The summed E-state index contributed by atoms with van der Waals surface area (Å²) in [7, 11) is 1.86. The summed E-state index contributed by atoms with van der Waals surface area (Å²) in [5, 5.41) is 20.4. The normalized spacial score (nSPS) is 12.7. The lowest BCUT2D eigenvalue weighted by Crippen LogP contribution is -2.36. The lowest BCUT2D eigenvalue weighted by Gasteiger charge is -2.25. The maximum atomic E-state index is 11.8. The molecule has 0 aromatic carbocycles. The van der Waals surface area contributed by atoms with Crippen molar-refractivity contribution in [2.75, 3.05) is 33.2 Å². The molecule has 62 heavy (non-hydrogen) atoms. The third kappa shape index (κ3) is 41.9. The minimum atomic E-state index is -0.250. The molecule has 0 fully saturated rings. The SMILES string of the molecule is CCCCCCCCC(CCCCCCCC)CCCCCCCN(CCCCCCCCC(CCCC)CCCCCCC)CCCNC1=C(NC)C(=O)C1.O=CO.O=CO. The summed E-state index contributed by atoms with van der Waals surface area (Å²) in [6, 6.07) is 0. The van der Waals surface area contributed by atoms with E-state index in [-0.39, 0.29) is 18.7 Å². The third-order valence-electron chi connectivity index (χ3n) is 13.2. The molecule has 0 heterocycles. The van der Waals surface area contributed by atoms with Crippen LogP contribution in [-0.4, -0.2) is 67.1 Å². The van der Waals surface area contributed by atoms with Gasteiger partial charge in [0.15, 0.2) is 5.78 Å². The Kier molecular flexibility index (Phi) is 51.5. The van der Waals surface area contributed by atoms with Gasteiger partial charge in [-0.15, -0.1) is 0 Å². The highest BCUT2D eigenvalue weighted by molar-refractivity contribution is 6.03. The predicted octanol–water partition coefficient (Wildman–Crippen LogP) is 15.4. The van der Waals surface area contributed by atoms with Crippen LogP contribution in [0, 0.1) is 11.8 Å². The standard InChI is InChI=1S/C52H103N3O.2CH2O2/c1-6-10-14-17-23-30-40-49(41-31-24-18-15-11-7-2)42-33-26-21-28-35-45-55(46-36-43-54-50-47-51(56)52(50)53-5)44-34-27-20-19-25-32-39-48(37-13-9-4)38-29-22-16-12-8-3;2*2-1-3/h48-49,53-54H,6-47H2,1-5H3;2*1H,(H,2,3). The van der Waals surface area contributed by atoms with Gasteiger partial charge in [-0.2, -0.15) is 0 Å². The first kappa shape index (κ1) is 62.0. The molecule has 0 bridgehead atoms. The molecule has 0 spiro atoms. The van der Waals surface area contributed by atoms with Crippen LogP contribution in [0.2, 0.25) is 0 Å². The zero-order valence-corrected chi connectivity index (χ0v) is 42.1. The number of likely N-dealkylation sites (N-methyl/N-ethyl adjacent to an activating group) is 1. The molecule has 0 radical (unpaired) electrons. The first-order valence-corrected chi connectivity index (χ1v) is 27.0. The van der Waals surface area contributed by atoms with Crippen LogP contribution in [0.15, 0.2) is 11.4 Å². The largest absolute Gasteiger partial charge is 0.483 e. The molecule has 8 nitrogen and oxygen atoms in total. The van der Waals surface area contributed by atoms with Gasteiger partial charge in [0, 0.05) is 19.3 Å². The number of carbonyl (C=O) groups excluding carboxylic acids is 1. The predicted molar refractivity (Wildman–Crippen MR) is 268 cm³/mol. The second-order valence-corrected chi connectivity index (χ2v) is 18.7. The van der Waals surface area contributed by atoms with E-state index in [2.05, 4.69) is 43.2 Å². The van der Waals surface area contributed by atoms with Gasteiger partial charge in [-0.25, -0.2) is 0 Å². The number of ketones is 1. The van der Waals surface area contributed by atoms with E-state index in [1.165, 1.54) is 251 Å². The molecule has 1 rings (SSSR count). The minimum Gasteiger partial charge on any atom is -0.483 e. The highest BCUT2D eigenvalue weighted by Gasteiger charge is 2.25. The summed E-state index contributed by atoms with van der Waals surface area (Å²) in [5.41, 5.74) is 1.92. The Bertz CT molecular complexity index is 954. The fraction of sp³-hybridized carbons (Fsp3) is 0.907. The molecule has 368 valence electrons. The van der Waals surface area contributed by atoms with Crippen LogP contribution in [0.5, 0.6) is 0 Å². The number of carboxylic acid groups (broad SMARTS) is 2. The second-order valence-electron chi connectivity index (χ2n) is 18.7. The van der Waals surface area contributed by atoms with Crippen LogP contribution >= 0.6 is 0 Å². The second kappa shape index (κ2) is 51.5. The Morgan fingerprint density at radius 2 is 0.758 bits per heavy atom. The monoisotopic (exact) mass is 878 g/mol. The first-order chi connectivity index (χ1) is 30.4. The average molecular weight is 878 g/mol. The van der Waals surface area contributed by atoms with Crippen molar-refractivity contribution >= 4 is 18.7 Å². The summed E-state index contributed by atoms with van der Waals surface area (Å²) in [6.07, 6.45) is 53.4. The number of unbranched alkanes of at least 4 members (excludes halogenated alkanes) is 24. The van der Waals surface area contributed by atoms with Crippen molar-refractivity contribution in [2.24, 2.45) is 11.8 Å². The van der Waals surface area contributed by atoms with Gasteiger partial charge in [-0.1, -0.05) is 246 Å². The van der Waals surface area contributed by atoms with Crippen LogP contribution in [0.1, 0.15) is 272 Å². The van der Waals surface area contributed by atoms with Crippen molar-refractivity contribution in [3.63, 3.8) is 0 Å². The maximum Gasteiger partial charge on any atom is 0.290 e. The van der Waals surface area contributed by atoms with Crippen molar-refractivity contribution in [2.45, 2.75) is 272 Å². The number of allylic oxidation sites excluding steroid dienone is 2. The van der Waals surface area contributed by atoms with Crippen molar-refractivity contribution in [1.82, 2.24) is 15.5 Å². The summed E-state index contributed by atoms with van der Waals surface area (Å²) < 4.78 is 0. The molecule has 0 saturated carbocycles. The van der Waals surface area contributed by atoms with Gasteiger partial charge < -0.3 is 25.7 Å². The Balaban J connectivity index is 0. The van der Waals surface area contributed by atoms with E-state index < -0.39 is 0 Å². The zero-order valence-electron chi connectivity index (χ0n) is 42.1. The maximum absolute atomic E-state index is 11.8. The molecule has 1 aliphatic carbocycles. The van der Waals surface area contributed by atoms with Crippen LogP contribution in [0.4, 0.5) is 0 Å². The van der Waals surface area contributed by atoms with Crippen molar-refractivity contribution in [3.05, 3.63) is 11.4 Å². The Hall–Kier alpha value is -2.09. The van der Waals surface area contributed by atoms with E-state index >= 15 is 0 Å². The molecule has 0 amide bonds. The molecule has 1 aliphatic rings. The van der Waals surface area contributed by atoms with Gasteiger partial charge in [0.2, 0.25) is 0 Å². The molecule has 0 aromatic heterocycles. The molecule has 0 aromatic rings. The lowest BCUT2D eigenvalue weighted by atomic mass is 9.89. The number of nitrogens with one attached hydrogen (secondary N) is 2. The molecule has 4 N–H and O–H groups in total. The molecule has 1 atom stereocenters. The molecule has 0 saturated heterocycles. The summed E-state index contributed by atoms with van der Waals surface area (Å²) >= 11 is 0. The van der Waals surface area contributed by atoms with Gasteiger partial charge in [-0.3, -0.25) is 14.4 Å². The fourth-order valence-corrected chi connectivity index (χ4v) is 9.31. The molecular formula is C54H107N3O5. The van der Waals surface area contributed by atoms with Gasteiger partial charge in [0.25, 0.3) is 12.9 Å². The number of hydrogen-bond acceptors (Lipinski definition) is 6. The van der Waals surface area contributed by atoms with E-state index in [9.17, 15) is 4.79 Å². The number of nitrogens with zero attached hydrogens (tertiary/aromatic N) is 1. The van der Waals surface area contributed by atoms with Crippen molar-refractivity contribution in [3.8, 4) is 0 Å². The van der Waals surface area contributed by atoms with E-state index in [1.807, 2.05) is 7.05 Å². The van der Waals surface area contributed by atoms with E-state index in [1.54, 1.807) is 0 Å². The highest BCUT2D eigenvalue weighted by Crippen LogP contribution is 2.26. The lowest BCUT2D eigenvalue weighted by molar-refractivity contribution is -0.123. The highest BCUT2D eigenvalue weighted by atomic mass is 16.3. The fourth-order valence-electron chi connectivity index (χ4n) is 9.31. The van der Waals surface area contributed by atoms with E-state index in [0.29, 0.717) is 6.42 Å². The number of rotatable bonds is 46. The quantitative estimate of drug-likeness (QED) is 0.0353. The van der Waals surface area contributed by atoms with E-state index in [4.69, 9.17) is 19.8 Å². The smallest absolute Gasteiger partial charge is 0.290 e. The number of carbonyl (C=O) groups is 3. The van der Waals surface area contributed by atoms with Crippen LogP contribution in [-0.2, 0) is 14.4 Å². The topological polar surface area (TPSA) is 119 Å². The number of Topliss-reactive ketones (excluding diaryl/α,β-unsaturated/α-hetero) is 1. The van der Waals surface area contributed by atoms with Crippen LogP contribution in [0.25, 0.3) is 0 Å². The van der Waals surface area contributed by atoms with Gasteiger partial charge >= 0.3 is 0 Å². The Morgan fingerprint density at radius 3 is 1.08 bits per heavy atom. The Labute approximate surface area is 385 Å².